The van der Waals surface area contributed by atoms with Crippen LogP contribution in [0.25, 0.3) is 0 Å². The van der Waals surface area contributed by atoms with Gasteiger partial charge in [-0.15, -0.1) is 11.3 Å². The van der Waals surface area contributed by atoms with Gasteiger partial charge in [0.15, 0.2) is 11.5 Å². The quantitative estimate of drug-likeness (QED) is 0.862. The highest BCUT2D eigenvalue weighted by Crippen LogP contribution is 2.39. The van der Waals surface area contributed by atoms with Crippen molar-refractivity contribution in [2.45, 2.75) is 19.4 Å². The molecule has 0 radical (unpaired) electrons. The molecule has 0 N–H and O–H groups in total. The fraction of sp³-hybridized carbons (Fsp3) is 0.400. The van der Waals surface area contributed by atoms with Gasteiger partial charge in [-0.25, -0.2) is 0 Å². The number of fused-ring (bicyclic) bond motifs is 1. The van der Waals surface area contributed by atoms with E-state index in [2.05, 4.69) is 9.97 Å². The lowest BCUT2D eigenvalue weighted by Gasteiger charge is -2.25. The van der Waals surface area contributed by atoms with Gasteiger partial charge in [0.05, 0.1) is 5.69 Å². The predicted molar refractivity (Wildman–Crippen MR) is 82.6 cm³/mol. The van der Waals surface area contributed by atoms with Crippen LogP contribution in [0.1, 0.15) is 22.3 Å². The molecular weight excluding hydrogens is 302 g/mol. The molecule has 6 nitrogen and oxygen atoms in total. The first kappa shape index (κ1) is 14.8. The Kier molecular flexibility index (Phi) is 4.24. The van der Waals surface area contributed by atoms with Crippen molar-refractivity contribution >= 4 is 17.2 Å². The van der Waals surface area contributed by atoms with Gasteiger partial charge in [0.25, 0.3) is 5.91 Å². The van der Waals surface area contributed by atoms with Crippen LogP contribution in [-0.4, -0.2) is 47.1 Å². The summed E-state index contributed by atoms with van der Waals surface area (Å²) in [5.41, 5.74) is 0.863. The number of nitrogens with zero attached hydrogens (tertiary/aromatic N) is 3. The van der Waals surface area contributed by atoms with Crippen molar-refractivity contribution < 1.29 is 14.3 Å². The number of rotatable bonds is 4. The first-order chi connectivity index (χ1) is 10.7. The second-order valence-corrected chi connectivity index (χ2v) is 6.00. The second kappa shape index (κ2) is 6.31. The molecule has 116 valence electrons. The number of thiophene rings is 1. The van der Waals surface area contributed by atoms with E-state index in [4.69, 9.17) is 9.47 Å². The highest BCUT2D eigenvalue weighted by molar-refractivity contribution is 7.12. The van der Waals surface area contributed by atoms with Crippen LogP contribution >= 0.6 is 11.3 Å². The van der Waals surface area contributed by atoms with E-state index in [0.29, 0.717) is 36.0 Å². The third-order valence-electron chi connectivity index (χ3n) is 3.60. The number of amides is 1. The van der Waals surface area contributed by atoms with Crippen LogP contribution in [-0.2, 0) is 6.42 Å². The summed E-state index contributed by atoms with van der Waals surface area (Å²) in [6.45, 7) is 2.99. The number of hydrogen-bond acceptors (Lipinski definition) is 6. The minimum atomic E-state index is -0.0619. The van der Waals surface area contributed by atoms with Crippen molar-refractivity contribution in [1.29, 1.82) is 0 Å². The lowest BCUT2D eigenvalue weighted by atomic mass is 10.1. The van der Waals surface area contributed by atoms with Gasteiger partial charge in [-0.1, -0.05) is 0 Å². The van der Waals surface area contributed by atoms with Gasteiger partial charge in [0, 0.05) is 43.5 Å². The van der Waals surface area contributed by atoms with E-state index in [1.165, 1.54) is 11.3 Å². The number of aromatic nitrogens is 2. The molecule has 0 bridgehead atoms. The van der Waals surface area contributed by atoms with E-state index < -0.39 is 0 Å². The van der Waals surface area contributed by atoms with E-state index in [-0.39, 0.29) is 11.9 Å². The van der Waals surface area contributed by atoms with Crippen molar-refractivity contribution in [2.75, 3.05) is 20.3 Å². The lowest BCUT2D eigenvalue weighted by molar-refractivity contribution is 0.0739. The Morgan fingerprint density at radius 2 is 2.23 bits per heavy atom. The Morgan fingerprint density at radius 3 is 3.00 bits per heavy atom. The van der Waals surface area contributed by atoms with Gasteiger partial charge < -0.3 is 14.4 Å². The van der Waals surface area contributed by atoms with Crippen LogP contribution in [0.3, 0.4) is 0 Å². The summed E-state index contributed by atoms with van der Waals surface area (Å²) in [6.07, 6.45) is 5.67. The van der Waals surface area contributed by atoms with Crippen molar-refractivity contribution in [3.63, 3.8) is 0 Å². The van der Waals surface area contributed by atoms with Crippen molar-refractivity contribution in [3.8, 4) is 11.5 Å². The van der Waals surface area contributed by atoms with Crippen molar-refractivity contribution in [1.82, 2.24) is 14.9 Å². The zero-order valence-corrected chi connectivity index (χ0v) is 13.3. The molecule has 0 unspecified atom stereocenters. The summed E-state index contributed by atoms with van der Waals surface area (Å²) < 4.78 is 11.1. The first-order valence-corrected chi connectivity index (χ1v) is 7.94. The Bertz CT molecular complexity index is 659. The largest absolute Gasteiger partial charge is 0.485 e. The molecule has 7 heteroatoms. The molecule has 1 aliphatic heterocycles. The molecule has 3 heterocycles. The van der Waals surface area contributed by atoms with E-state index in [9.17, 15) is 4.79 Å². The van der Waals surface area contributed by atoms with Crippen LogP contribution in [0, 0.1) is 0 Å². The maximum Gasteiger partial charge on any atom is 0.267 e. The third kappa shape index (κ3) is 2.89. The molecule has 0 saturated heterocycles. The van der Waals surface area contributed by atoms with Crippen LogP contribution < -0.4 is 9.47 Å². The topological polar surface area (TPSA) is 64.6 Å². The summed E-state index contributed by atoms with van der Waals surface area (Å²) in [7, 11) is 1.79. The fourth-order valence-electron chi connectivity index (χ4n) is 2.25. The maximum absolute atomic E-state index is 12.7. The van der Waals surface area contributed by atoms with E-state index in [1.807, 2.05) is 12.3 Å². The molecule has 1 amide bonds. The van der Waals surface area contributed by atoms with Crippen LogP contribution in [0.4, 0.5) is 0 Å². The van der Waals surface area contributed by atoms with Crippen LogP contribution in [0.5, 0.6) is 11.5 Å². The summed E-state index contributed by atoms with van der Waals surface area (Å²) in [6, 6.07) is 0.00598. The highest BCUT2D eigenvalue weighted by atomic mass is 32.1. The SMILES string of the molecule is C[C@H](Cc1cnccn1)N(C)C(=O)c1scc2c1OCCO2. The van der Waals surface area contributed by atoms with Gasteiger partial charge in [-0.3, -0.25) is 14.8 Å². The second-order valence-electron chi connectivity index (χ2n) is 5.12. The smallest absolute Gasteiger partial charge is 0.267 e. The van der Waals surface area contributed by atoms with Crippen molar-refractivity contribution in [3.05, 3.63) is 34.5 Å². The van der Waals surface area contributed by atoms with Gasteiger partial charge in [0.1, 0.15) is 18.1 Å². The Labute approximate surface area is 132 Å². The molecule has 2 aromatic rings. The normalized spacial score (nSPS) is 14.5. The summed E-state index contributed by atoms with van der Waals surface area (Å²) >= 11 is 1.36. The molecule has 0 fully saturated rings. The van der Waals surface area contributed by atoms with Gasteiger partial charge >= 0.3 is 0 Å². The van der Waals surface area contributed by atoms with Gasteiger partial charge in [-0.05, 0) is 6.92 Å². The van der Waals surface area contributed by atoms with Crippen LogP contribution in [0.2, 0.25) is 0 Å². The van der Waals surface area contributed by atoms with E-state index >= 15 is 0 Å². The van der Waals surface area contributed by atoms with Crippen molar-refractivity contribution in [2.24, 2.45) is 0 Å². The van der Waals surface area contributed by atoms with Crippen LogP contribution in [0.15, 0.2) is 24.0 Å². The third-order valence-corrected chi connectivity index (χ3v) is 4.53. The fourth-order valence-corrected chi connectivity index (χ4v) is 3.16. The van der Waals surface area contributed by atoms with E-state index in [1.54, 1.807) is 30.5 Å². The monoisotopic (exact) mass is 319 g/mol. The maximum atomic E-state index is 12.7. The summed E-state index contributed by atoms with van der Waals surface area (Å²) in [5.74, 6) is 1.17. The standard InChI is InChI=1S/C15H17N3O3S/c1-10(7-11-8-16-3-4-17-11)18(2)15(19)14-13-12(9-22-14)20-5-6-21-13/h3-4,8-10H,5-7H2,1-2H3/t10-/m1/s1. The van der Waals surface area contributed by atoms with Gasteiger partial charge in [-0.2, -0.15) is 0 Å². The molecule has 1 aliphatic rings. The minimum absolute atomic E-state index is 0.00598. The lowest BCUT2D eigenvalue weighted by Crippen LogP contribution is -2.36. The molecular formula is C15H17N3O3S. The molecule has 22 heavy (non-hydrogen) atoms. The predicted octanol–water partition coefficient (Wildman–Crippen LogP) is 2.01. The number of carbonyl (C=O) groups is 1. The molecule has 0 aromatic carbocycles. The molecule has 0 spiro atoms. The molecule has 1 atom stereocenters. The Morgan fingerprint density at radius 1 is 1.41 bits per heavy atom. The molecule has 3 rings (SSSR count). The number of hydrogen-bond donors (Lipinski definition) is 0. The molecule has 0 saturated carbocycles. The number of ether oxygens (including phenoxy) is 2. The highest BCUT2D eigenvalue weighted by Gasteiger charge is 2.27. The Balaban J connectivity index is 1.72. The molecule has 0 aliphatic carbocycles. The Hall–Kier alpha value is -2.15. The average molecular weight is 319 g/mol. The van der Waals surface area contributed by atoms with E-state index in [0.717, 1.165) is 5.69 Å². The number of likely N-dealkylation sites (N-methyl/N-ethyl adjacent to an activating group) is 1. The zero-order valence-electron chi connectivity index (χ0n) is 12.5. The van der Waals surface area contributed by atoms with Gasteiger partial charge in [0.2, 0.25) is 0 Å². The number of carbonyl (C=O) groups excluding carboxylic acids is 1. The molecule has 2 aromatic heterocycles. The summed E-state index contributed by atoms with van der Waals surface area (Å²) in [4.78, 5) is 23.3. The minimum Gasteiger partial charge on any atom is -0.485 e. The first-order valence-electron chi connectivity index (χ1n) is 7.06. The summed E-state index contributed by atoms with van der Waals surface area (Å²) in [5, 5.41) is 1.82. The average Bonchev–Trinajstić information content (AvgIpc) is 2.98. The zero-order chi connectivity index (χ0) is 15.5.